The molecule has 1 fully saturated rings. The minimum absolute atomic E-state index is 0.00526. The van der Waals surface area contributed by atoms with Crippen molar-refractivity contribution >= 4 is 71.7 Å². The average molecular weight is 1060 g/mol. The van der Waals surface area contributed by atoms with Crippen LogP contribution in [0.2, 0.25) is 0 Å². The topological polar surface area (TPSA) is 3.24 Å². The van der Waals surface area contributed by atoms with Gasteiger partial charge in [0.25, 0.3) is 0 Å². The third-order valence-corrected chi connectivity index (χ3v) is 22.7. The molecule has 80 heavy (non-hydrogen) atoms. The van der Waals surface area contributed by atoms with Gasteiger partial charge in [0.2, 0.25) is 6.71 Å². The van der Waals surface area contributed by atoms with Crippen LogP contribution in [0, 0.1) is 12.3 Å². The normalized spacial score (nSPS) is 21.8. The Morgan fingerprint density at radius 1 is 0.588 bits per heavy atom. The highest BCUT2D eigenvalue weighted by atomic mass is 32.1. The second kappa shape index (κ2) is 17.9. The first-order valence-corrected chi connectivity index (χ1v) is 31.4. The first-order chi connectivity index (χ1) is 38.0. The first kappa shape index (κ1) is 52.0. The van der Waals surface area contributed by atoms with E-state index in [1.807, 2.05) is 11.3 Å². The van der Waals surface area contributed by atoms with E-state index in [4.69, 9.17) is 0 Å². The van der Waals surface area contributed by atoms with Crippen molar-refractivity contribution in [1.82, 2.24) is 0 Å². The number of hydrogen-bond donors (Lipinski definition) is 0. The van der Waals surface area contributed by atoms with E-state index in [0.29, 0.717) is 5.92 Å². The zero-order valence-electron chi connectivity index (χ0n) is 50.2. The summed E-state index contributed by atoms with van der Waals surface area (Å²) in [5, 5.41) is 2.77. The molecule has 0 amide bonds. The van der Waals surface area contributed by atoms with Gasteiger partial charge in [0.1, 0.15) is 0 Å². The maximum absolute atomic E-state index is 2.82. The van der Waals surface area contributed by atoms with Crippen molar-refractivity contribution in [3.63, 3.8) is 0 Å². The largest absolute Gasteiger partial charge is 0.311 e. The highest BCUT2D eigenvalue weighted by Crippen LogP contribution is 2.63. The number of thiophene rings is 1. The van der Waals surface area contributed by atoms with Gasteiger partial charge in [-0.3, -0.25) is 0 Å². The van der Waals surface area contributed by atoms with Crippen molar-refractivity contribution < 1.29 is 0 Å². The Kier molecular flexibility index (Phi) is 11.6. The predicted molar refractivity (Wildman–Crippen MR) is 347 cm³/mol. The molecule has 0 radical (unpaired) electrons. The molecule has 14 rings (SSSR count). The molecule has 9 aromatic rings. The Bertz CT molecular complexity index is 3990. The summed E-state index contributed by atoms with van der Waals surface area (Å²) in [5.41, 5.74) is 27.9. The highest BCUT2D eigenvalue weighted by Gasteiger charge is 2.57. The Balaban J connectivity index is 1.06. The zero-order valence-corrected chi connectivity index (χ0v) is 51.0. The summed E-state index contributed by atoms with van der Waals surface area (Å²) in [4.78, 5) is 2.82. The summed E-state index contributed by atoms with van der Waals surface area (Å²) in [7, 11) is 0. The Labute approximate surface area is 483 Å². The molecule has 3 heteroatoms. The van der Waals surface area contributed by atoms with Crippen molar-refractivity contribution in [2.75, 3.05) is 4.90 Å². The Morgan fingerprint density at radius 3 is 2.01 bits per heavy atom. The van der Waals surface area contributed by atoms with E-state index in [2.05, 4.69) is 247 Å². The monoisotopic (exact) mass is 1060 g/mol. The second-order valence-corrected chi connectivity index (χ2v) is 30.7. The van der Waals surface area contributed by atoms with E-state index in [-0.39, 0.29) is 45.1 Å². The molecular formula is C77H82BNS. The third kappa shape index (κ3) is 7.89. The fraction of sp³-hybridized carbons (Fsp3) is 0.377. The maximum atomic E-state index is 2.82. The number of hydrogen-bond acceptors (Lipinski definition) is 2. The number of nitrogens with zero attached hydrogens (tertiary/aromatic N) is 1. The summed E-state index contributed by atoms with van der Waals surface area (Å²) in [5.74, 6) is 0.473. The number of fused-ring (bicyclic) bond motifs is 10. The maximum Gasteiger partial charge on any atom is 0.247 e. The van der Waals surface area contributed by atoms with Gasteiger partial charge >= 0.3 is 0 Å². The standard InChI is InChI=1S/C77H82BNS/c1-47-38-57-58-46-76(12)34-19-20-35-77(76,13)61-42-52(73(5,6)7)43-63(70(58)61)78-62-33-28-48(40-55(50-29-31-51(32-30-50)72(2,3)4)53-25-21-27-68-69(53)54-24-17-18-26-67(54)80-68)41-65(62)79(66(39-47)71(57)78)64-45-60-59(74(8,9)36-37-75(60,10)11)44-56(64)49-22-15-14-16-23-49/h14-18,21-33,38-39,41-45,55,58H,19-20,34-37,40,46H2,1-13H3. The first-order valence-electron chi connectivity index (χ1n) is 30.5. The molecule has 1 aromatic heterocycles. The number of benzene rings is 8. The van der Waals surface area contributed by atoms with Crippen LogP contribution in [0.5, 0.6) is 0 Å². The van der Waals surface area contributed by atoms with Crippen LogP contribution in [0.25, 0.3) is 31.3 Å². The molecule has 0 saturated heterocycles. The highest BCUT2D eigenvalue weighted by molar-refractivity contribution is 7.25. The van der Waals surface area contributed by atoms with E-state index in [1.165, 1.54) is 149 Å². The van der Waals surface area contributed by atoms with E-state index in [9.17, 15) is 0 Å². The molecule has 2 aliphatic heterocycles. The average Bonchev–Trinajstić information content (AvgIpc) is 1.81. The van der Waals surface area contributed by atoms with E-state index in [1.54, 1.807) is 22.2 Å². The van der Waals surface area contributed by atoms with Gasteiger partial charge in [-0.2, -0.15) is 0 Å². The van der Waals surface area contributed by atoms with Crippen molar-refractivity contribution in [3.05, 3.63) is 213 Å². The molecule has 3 heterocycles. The molecular weight excluding hydrogens is 982 g/mol. The second-order valence-electron chi connectivity index (χ2n) is 29.6. The molecule has 1 nitrogen and oxygen atoms in total. The van der Waals surface area contributed by atoms with Crippen molar-refractivity contribution in [3.8, 4) is 11.1 Å². The minimum Gasteiger partial charge on any atom is -0.311 e. The van der Waals surface area contributed by atoms with Gasteiger partial charge in [-0.1, -0.05) is 217 Å². The van der Waals surface area contributed by atoms with Crippen LogP contribution in [-0.2, 0) is 33.5 Å². The Morgan fingerprint density at radius 2 is 1.27 bits per heavy atom. The predicted octanol–water partition coefficient (Wildman–Crippen LogP) is 19.3. The van der Waals surface area contributed by atoms with Crippen LogP contribution in [0.15, 0.2) is 152 Å². The van der Waals surface area contributed by atoms with Crippen LogP contribution in [0.1, 0.15) is 201 Å². The molecule has 0 bridgehead atoms. The number of rotatable bonds is 6. The molecule has 3 aliphatic carbocycles. The molecule has 0 spiro atoms. The Hall–Kier alpha value is -6.16. The van der Waals surface area contributed by atoms with Crippen LogP contribution < -0.4 is 21.3 Å². The summed E-state index contributed by atoms with van der Waals surface area (Å²) in [6, 6.07) is 61.2. The SMILES string of the molecule is Cc1cc2c3c(c1)N(c1cc4c(cc1-c1ccccc1)C(C)(C)CCC4(C)C)c1cc(CC(c4ccc(C(C)(C)C)cc4)c4cccc5sc6ccccc6c45)ccc1B3c1cc(C(C)(C)C)cc3c1C2CC1(C)CCCCC31C. The number of anilines is 3. The van der Waals surface area contributed by atoms with Gasteiger partial charge in [-0.05, 0) is 192 Å². The van der Waals surface area contributed by atoms with E-state index in [0.717, 1.165) is 6.42 Å². The summed E-state index contributed by atoms with van der Waals surface area (Å²) >= 11 is 1.93. The quantitative estimate of drug-likeness (QED) is 0.150. The van der Waals surface area contributed by atoms with Gasteiger partial charge in [0.15, 0.2) is 0 Å². The van der Waals surface area contributed by atoms with Gasteiger partial charge < -0.3 is 4.90 Å². The molecule has 4 atom stereocenters. The minimum atomic E-state index is -0.00526. The molecule has 0 N–H and O–H groups in total. The molecule has 404 valence electrons. The molecule has 5 aliphatic rings. The van der Waals surface area contributed by atoms with E-state index < -0.39 is 0 Å². The van der Waals surface area contributed by atoms with Crippen molar-refractivity contribution in [1.29, 1.82) is 0 Å². The number of aryl methyl sites for hydroxylation is 1. The lowest BCUT2D eigenvalue weighted by molar-refractivity contribution is 0.0602. The lowest BCUT2D eigenvalue weighted by atomic mass is 9.29. The van der Waals surface area contributed by atoms with Gasteiger partial charge in [-0.15, -0.1) is 11.3 Å². The van der Waals surface area contributed by atoms with Gasteiger partial charge in [0, 0.05) is 48.9 Å². The fourth-order valence-corrected chi connectivity index (χ4v) is 17.7. The van der Waals surface area contributed by atoms with E-state index >= 15 is 0 Å². The molecule has 8 aromatic carbocycles. The summed E-state index contributed by atoms with van der Waals surface area (Å²) < 4.78 is 2.72. The molecule has 1 saturated carbocycles. The van der Waals surface area contributed by atoms with Gasteiger partial charge in [0.05, 0.1) is 5.69 Å². The fourth-order valence-electron chi connectivity index (χ4n) is 16.6. The van der Waals surface area contributed by atoms with Crippen LogP contribution in [-0.4, -0.2) is 6.71 Å². The van der Waals surface area contributed by atoms with Crippen LogP contribution in [0.3, 0.4) is 0 Å². The van der Waals surface area contributed by atoms with Crippen LogP contribution in [0.4, 0.5) is 17.1 Å². The van der Waals surface area contributed by atoms with Crippen molar-refractivity contribution in [2.45, 2.75) is 180 Å². The lowest BCUT2D eigenvalue weighted by Gasteiger charge is -2.59. The van der Waals surface area contributed by atoms with Crippen LogP contribution >= 0.6 is 11.3 Å². The summed E-state index contributed by atoms with van der Waals surface area (Å²) in [6.45, 7) is 32.2. The lowest BCUT2D eigenvalue weighted by Crippen LogP contribution is -2.64. The molecule has 4 unspecified atom stereocenters. The smallest absolute Gasteiger partial charge is 0.247 e. The summed E-state index contributed by atoms with van der Waals surface area (Å²) in [6.07, 6.45) is 9.62. The zero-order chi connectivity index (χ0) is 55.6. The third-order valence-electron chi connectivity index (χ3n) is 21.6. The van der Waals surface area contributed by atoms with Crippen molar-refractivity contribution in [2.24, 2.45) is 5.41 Å². The van der Waals surface area contributed by atoms with Gasteiger partial charge in [-0.25, -0.2) is 0 Å².